The number of hydrogen-bond acceptors (Lipinski definition) is 8. The number of carbonyl (C=O) groups is 1. The van der Waals surface area contributed by atoms with E-state index in [-0.39, 0.29) is 18.4 Å². The molecule has 3 rings (SSSR count). The Balaban J connectivity index is 1.70. The molecule has 0 aliphatic rings. The molecule has 2 aromatic carbocycles. The van der Waals surface area contributed by atoms with Crippen LogP contribution in [-0.2, 0) is 4.74 Å². The highest BCUT2D eigenvalue weighted by Crippen LogP contribution is 2.24. The van der Waals surface area contributed by atoms with Gasteiger partial charge in [-0.25, -0.2) is 14.2 Å². The van der Waals surface area contributed by atoms with Crippen molar-refractivity contribution < 1.29 is 23.8 Å². The number of benzene rings is 2. The number of nitrogens with one attached hydrogen (secondary N) is 3. The van der Waals surface area contributed by atoms with E-state index < -0.39 is 23.1 Å². The molecule has 0 unspecified atom stereocenters. The minimum absolute atomic E-state index is 0.0497. The molecule has 0 atom stereocenters. The number of anilines is 5. The third-order valence-electron chi connectivity index (χ3n) is 4.20. The minimum atomic E-state index is -0.968. The zero-order valence-electron chi connectivity index (χ0n) is 20.3. The molecule has 0 saturated carbocycles. The van der Waals surface area contributed by atoms with Crippen molar-refractivity contribution in [1.82, 2.24) is 9.97 Å². The molecule has 4 N–H and O–H groups in total. The summed E-state index contributed by atoms with van der Waals surface area (Å²) in [6.07, 6.45) is 0.456. The van der Waals surface area contributed by atoms with Crippen LogP contribution in [-0.4, -0.2) is 39.0 Å². The van der Waals surface area contributed by atoms with Crippen LogP contribution in [0.25, 0.3) is 0 Å². The fourth-order valence-corrected chi connectivity index (χ4v) is 2.80. The first-order valence-corrected chi connectivity index (χ1v) is 11.0. The molecule has 0 saturated heterocycles. The molecule has 186 valence electrons. The Bertz CT molecular complexity index is 1180. The van der Waals surface area contributed by atoms with Crippen LogP contribution in [0.3, 0.4) is 0 Å². The van der Waals surface area contributed by atoms with Crippen molar-refractivity contribution in [2.45, 2.75) is 45.8 Å². The fourth-order valence-electron chi connectivity index (χ4n) is 2.80. The van der Waals surface area contributed by atoms with E-state index in [4.69, 9.17) is 9.47 Å². The summed E-state index contributed by atoms with van der Waals surface area (Å²) in [4.78, 5) is 20.2. The Hall–Kier alpha value is -3.92. The van der Waals surface area contributed by atoms with Crippen LogP contribution in [0.15, 0.2) is 54.7 Å². The average Bonchev–Trinajstić information content (AvgIpc) is 2.73. The molecule has 0 aliphatic heterocycles. The van der Waals surface area contributed by atoms with Crippen molar-refractivity contribution in [2.24, 2.45) is 0 Å². The molecule has 0 radical (unpaired) electrons. The number of carbonyl (C=O) groups excluding carboxylic acids is 1. The lowest BCUT2D eigenvalue weighted by Crippen LogP contribution is -2.27. The van der Waals surface area contributed by atoms with Crippen molar-refractivity contribution in [3.05, 3.63) is 60.5 Å². The van der Waals surface area contributed by atoms with E-state index in [2.05, 4.69) is 25.9 Å². The molecule has 1 amide bonds. The zero-order chi connectivity index (χ0) is 25.6. The molecule has 0 bridgehead atoms. The monoisotopic (exact) mass is 483 g/mol. The first-order valence-electron chi connectivity index (χ1n) is 11.0. The van der Waals surface area contributed by atoms with Crippen molar-refractivity contribution >= 4 is 34.9 Å². The van der Waals surface area contributed by atoms with Crippen LogP contribution in [0.4, 0.5) is 38.0 Å². The van der Waals surface area contributed by atoms with Gasteiger partial charge in [0.2, 0.25) is 5.95 Å². The van der Waals surface area contributed by atoms with Crippen LogP contribution in [0.1, 0.15) is 34.6 Å². The lowest BCUT2D eigenvalue weighted by molar-refractivity contribution is 0.0285. The molecular formula is C25H30FN5O4. The molecule has 0 fully saturated rings. The van der Waals surface area contributed by atoms with E-state index in [1.807, 2.05) is 0 Å². The predicted molar refractivity (Wildman–Crippen MR) is 133 cm³/mol. The SMILES string of the molecule is CC(C)(O)COc1cccc(Nc2ncc(F)c(Nc3cccc(NC(=O)OC(C)(C)C)c3)n2)c1. The Morgan fingerprint density at radius 2 is 1.66 bits per heavy atom. The number of aliphatic hydroxyl groups is 1. The van der Waals surface area contributed by atoms with Gasteiger partial charge in [-0.2, -0.15) is 4.98 Å². The van der Waals surface area contributed by atoms with Gasteiger partial charge >= 0.3 is 6.09 Å². The van der Waals surface area contributed by atoms with E-state index in [1.54, 1.807) is 83.1 Å². The van der Waals surface area contributed by atoms with Gasteiger partial charge in [0.15, 0.2) is 11.6 Å². The number of halogens is 1. The molecule has 10 heteroatoms. The lowest BCUT2D eigenvalue weighted by atomic mass is 10.2. The van der Waals surface area contributed by atoms with Gasteiger partial charge < -0.3 is 25.2 Å². The highest BCUT2D eigenvalue weighted by atomic mass is 19.1. The average molecular weight is 484 g/mol. The second-order valence-electron chi connectivity index (χ2n) is 9.48. The molecule has 35 heavy (non-hydrogen) atoms. The zero-order valence-corrected chi connectivity index (χ0v) is 20.3. The van der Waals surface area contributed by atoms with Crippen LogP contribution < -0.4 is 20.7 Å². The van der Waals surface area contributed by atoms with Gasteiger partial charge in [-0.05, 0) is 65.0 Å². The summed E-state index contributed by atoms with van der Waals surface area (Å²) in [5.74, 6) is 0.0122. The highest BCUT2D eigenvalue weighted by Gasteiger charge is 2.17. The van der Waals surface area contributed by atoms with E-state index in [1.165, 1.54) is 0 Å². The standard InChI is InChI=1S/C25H30FN5O4/c1-24(2,3)35-23(32)30-17-9-6-8-16(12-17)28-21-20(26)14-27-22(31-21)29-18-10-7-11-19(13-18)34-15-25(4,5)33/h6-14,33H,15H2,1-5H3,(H,30,32)(H2,27,28,29,31). The fraction of sp³-hybridized carbons (Fsp3) is 0.320. The topological polar surface area (TPSA) is 118 Å². The Morgan fingerprint density at radius 3 is 2.34 bits per heavy atom. The number of amides is 1. The lowest BCUT2D eigenvalue weighted by Gasteiger charge is -2.19. The number of hydrogen-bond donors (Lipinski definition) is 4. The smallest absolute Gasteiger partial charge is 0.412 e. The van der Waals surface area contributed by atoms with Crippen molar-refractivity contribution in [3.63, 3.8) is 0 Å². The van der Waals surface area contributed by atoms with Crippen LogP contribution in [0.2, 0.25) is 0 Å². The highest BCUT2D eigenvalue weighted by molar-refractivity contribution is 5.85. The minimum Gasteiger partial charge on any atom is -0.491 e. The summed E-state index contributed by atoms with van der Waals surface area (Å²) < 4.78 is 25.3. The van der Waals surface area contributed by atoms with E-state index in [0.717, 1.165) is 6.20 Å². The normalized spacial score (nSPS) is 11.5. The third-order valence-corrected chi connectivity index (χ3v) is 4.20. The molecule has 1 aromatic heterocycles. The maximum Gasteiger partial charge on any atom is 0.412 e. The Kier molecular flexibility index (Phi) is 7.75. The Morgan fingerprint density at radius 1 is 1.00 bits per heavy atom. The van der Waals surface area contributed by atoms with E-state index in [9.17, 15) is 14.3 Å². The number of nitrogens with zero attached hydrogens (tertiary/aromatic N) is 2. The summed E-state index contributed by atoms with van der Waals surface area (Å²) >= 11 is 0. The van der Waals surface area contributed by atoms with Gasteiger partial charge in [0.1, 0.15) is 18.0 Å². The second kappa shape index (κ2) is 10.6. The van der Waals surface area contributed by atoms with Crippen LogP contribution >= 0.6 is 0 Å². The number of rotatable bonds is 8. The summed E-state index contributed by atoms with van der Waals surface area (Å²) in [6, 6.07) is 13.7. The third kappa shape index (κ3) is 8.74. The quantitative estimate of drug-likeness (QED) is 0.327. The Labute approximate surface area is 203 Å². The van der Waals surface area contributed by atoms with Gasteiger partial charge in [-0.15, -0.1) is 0 Å². The maximum absolute atomic E-state index is 14.4. The van der Waals surface area contributed by atoms with Gasteiger partial charge in [0.25, 0.3) is 0 Å². The van der Waals surface area contributed by atoms with Gasteiger partial charge in [-0.1, -0.05) is 12.1 Å². The summed E-state index contributed by atoms with van der Waals surface area (Å²) in [7, 11) is 0. The summed E-state index contributed by atoms with van der Waals surface area (Å²) in [5, 5.41) is 18.4. The molecule has 0 spiro atoms. The molecular weight excluding hydrogens is 453 g/mol. The molecule has 0 aliphatic carbocycles. The van der Waals surface area contributed by atoms with Crippen LogP contribution in [0, 0.1) is 5.82 Å². The van der Waals surface area contributed by atoms with Crippen LogP contribution in [0.5, 0.6) is 5.75 Å². The van der Waals surface area contributed by atoms with Crippen molar-refractivity contribution in [1.29, 1.82) is 0 Å². The maximum atomic E-state index is 14.4. The van der Waals surface area contributed by atoms with Gasteiger partial charge in [-0.3, -0.25) is 5.32 Å². The molecule has 9 nitrogen and oxygen atoms in total. The molecule has 1 heterocycles. The van der Waals surface area contributed by atoms with E-state index >= 15 is 0 Å². The first kappa shape index (κ1) is 25.7. The second-order valence-corrected chi connectivity index (χ2v) is 9.48. The predicted octanol–water partition coefficient (Wildman–Crippen LogP) is 5.60. The summed E-state index contributed by atoms with van der Waals surface area (Å²) in [6.45, 7) is 8.74. The number of ether oxygens (including phenoxy) is 2. The van der Waals surface area contributed by atoms with E-state index in [0.29, 0.717) is 22.8 Å². The van der Waals surface area contributed by atoms with Gasteiger partial charge in [0, 0.05) is 23.1 Å². The molecule has 3 aromatic rings. The number of aromatic nitrogens is 2. The van der Waals surface area contributed by atoms with Crippen molar-refractivity contribution in [2.75, 3.05) is 22.6 Å². The summed E-state index contributed by atoms with van der Waals surface area (Å²) in [5.41, 5.74) is 0.00147. The largest absolute Gasteiger partial charge is 0.491 e. The van der Waals surface area contributed by atoms with Gasteiger partial charge in [0.05, 0.1) is 11.8 Å². The first-order chi connectivity index (χ1) is 16.4. The van der Waals surface area contributed by atoms with Crippen molar-refractivity contribution in [3.8, 4) is 5.75 Å².